The zero-order valence-corrected chi connectivity index (χ0v) is 10.2. The predicted molar refractivity (Wildman–Crippen MR) is 67.6 cm³/mol. The summed E-state index contributed by atoms with van der Waals surface area (Å²) in [6.45, 7) is 0.848. The fraction of sp³-hybridized carbons (Fsp3) is 0.538. The Morgan fingerprint density at radius 1 is 1.53 bits per heavy atom. The first kappa shape index (κ1) is 11.9. The van der Waals surface area contributed by atoms with Gasteiger partial charge in [-0.25, -0.2) is 4.98 Å². The maximum Gasteiger partial charge on any atom is 0.253 e. The minimum atomic E-state index is 0.0333. The quantitative estimate of drug-likeness (QED) is 0.867. The van der Waals surface area contributed by atoms with Gasteiger partial charge in [-0.2, -0.15) is 0 Å². The number of hydrogen-bond acceptors (Lipinski definition) is 3. The van der Waals surface area contributed by atoms with Gasteiger partial charge in [-0.1, -0.05) is 12.8 Å². The number of hydrogen-bond donors (Lipinski definition) is 1. The van der Waals surface area contributed by atoms with Crippen molar-refractivity contribution in [2.75, 3.05) is 19.3 Å². The van der Waals surface area contributed by atoms with E-state index in [1.807, 2.05) is 7.05 Å². The molecule has 1 saturated carbocycles. The van der Waals surface area contributed by atoms with Crippen LogP contribution in [0.3, 0.4) is 0 Å². The summed E-state index contributed by atoms with van der Waals surface area (Å²) in [5.41, 5.74) is 6.20. The van der Waals surface area contributed by atoms with E-state index in [2.05, 4.69) is 4.98 Å². The molecule has 0 bridgehead atoms. The minimum absolute atomic E-state index is 0.0333. The van der Waals surface area contributed by atoms with Crippen LogP contribution in [0.4, 0.5) is 5.82 Å². The van der Waals surface area contributed by atoms with E-state index in [4.69, 9.17) is 5.73 Å². The average Bonchev–Trinajstić information content (AvgIpc) is 2.80. The number of anilines is 1. The topological polar surface area (TPSA) is 59.2 Å². The molecule has 0 unspecified atom stereocenters. The molecular weight excluding hydrogens is 214 g/mol. The van der Waals surface area contributed by atoms with Crippen LogP contribution in [-0.2, 0) is 0 Å². The molecule has 1 heterocycles. The van der Waals surface area contributed by atoms with Crippen molar-refractivity contribution in [1.29, 1.82) is 0 Å². The lowest BCUT2D eigenvalue weighted by Gasteiger charge is -2.21. The molecule has 0 aliphatic heterocycles. The summed E-state index contributed by atoms with van der Waals surface area (Å²) in [5.74, 6) is 1.10. The van der Waals surface area contributed by atoms with Crippen LogP contribution in [0.2, 0.25) is 0 Å². The number of nitrogen functional groups attached to an aromatic ring is 1. The minimum Gasteiger partial charge on any atom is -0.384 e. The molecule has 1 amide bonds. The van der Waals surface area contributed by atoms with Crippen molar-refractivity contribution in [2.24, 2.45) is 5.92 Å². The van der Waals surface area contributed by atoms with Crippen LogP contribution in [0.15, 0.2) is 18.3 Å². The van der Waals surface area contributed by atoms with Gasteiger partial charge in [0, 0.05) is 25.4 Å². The third-order valence-corrected chi connectivity index (χ3v) is 3.38. The summed E-state index contributed by atoms with van der Waals surface area (Å²) in [5, 5.41) is 0. The number of rotatable bonds is 3. The van der Waals surface area contributed by atoms with Crippen LogP contribution in [0.25, 0.3) is 0 Å². The lowest BCUT2D eigenvalue weighted by molar-refractivity contribution is 0.0773. The van der Waals surface area contributed by atoms with Gasteiger partial charge in [0.1, 0.15) is 5.82 Å². The zero-order chi connectivity index (χ0) is 12.3. The second-order valence-electron chi connectivity index (χ2n) is 4.81. The summed E-state index contributed by atoms with van der Waals surface area (Å²) in [6.07, 6.45) is 6.67. The van der Waals surface area contributed by atoms with Crippen LogP contribution in [-0.4, -0.2) is 29.4 Å². The molecule has 0 atom stereocenters. The second kappa shape index (κ2) is 5.17. The van der Waals surface area contributed by atoms with E-state index in [1.165, 1.54) is 25.7 Å². The fourth-order valence-corrected chi connectivity index (χ4v) is 2.46. The summed E-state index contributed by atoms with van der Waals surface area (Å²) in [4.78, 5) is 17.8. The third-order valence-electron chi connectivity index (χ3n) is 3.38. The first-order valence-electron chi connectivity index (χ1n) is 6.14. The van der Waals surface area contributed by atoms with Gasteiger partial charge in [0.2, 0.25) is 0 Å². The monoisotopic (exact) mass is 233 g/mol. The van der Waals surface area contributed by atoms with E-state index in [0.717, 1.165) is 6.54 Å². The Labute approximate surface area is 102 Å². The van der Waals surface area contributed by atoms with Crippen molar-refractivity contribution in [3.8, 4) is 0 Å². The standard InChI is InChI=1S/C13H19N3O/c1-16(9-10-4-2-3-5-10)13(17)11-6-7-15-12(14)8-11/h6-8,10H,2-5,9H2,1H3,(H2,14,15). The largest absolute Gasteiger partial charge is 0.384 e. The molecule has 17 heavy (non-hydrogen) atoms. The van der Waals surface area contributed by atoms with Crippen molar-refractivity contribution in [3.63, 3.8) is 0 Å². The van der Waals surface area contributed by atoms with E-state index < -0.39 is 0 Å². The number of pyridine rings is 1. The van der Waals surface area contributed by atoms with Gasteiger partial charge in [0.15, 0.2) is 0 Å². The molecule has 1 aliphatic rings. The molecular formula is C13H19N3O. The van der Waals surface area contributed by atoms with Gasteiger partial charge >= 0.3 is 0 Å². The van der Waals surface area contributed by atoms with Crippen LogP contribution in [0.5, 0.6) is 0 Å². The molecule has 0 aromatic carbocycles. The van der Waals surface area contributed by atoms with Crippen molar-refractivity contribution in [1.82, 2.24) is 9.88 Å². The van der Waals surface area contributed by atoms with Crippen molar-refractivity contribution < 1.29 is 4.79 Å². The molecule has 1 aliphatic carbocycles. The van der Waals surface area contributed by atoms with Crippen LogP contribution in [0, 0.1) is 5.92 Å². The molecule has 1 fully saturated rings. The molecule has 0 saturated heterocycles. The van der Waals surface area contributed by atoms with E-state index in [0.29, 0.717) is 17.3 Å². The lowest BCUT2D eigenvalue weighted by Crippen LogP contribution is -2.31. The lowest BCUT2D eigenvalue weighted by atomic mass is 10.1. The van der Waals surface area contributed by atoms with E-state index in [9.17, 15) is 4.79 Å². The van der Waals surface area contributed by atoms with E-state index >= 15 is 0 Å². The Bertz CT molecular complexity index is 399. The molecule has 0 radical (unpaired) electrons. The molecule has 4 heteroatoms. The maximum atomic E-state index is 12.1. The van der Waals surface area contributed by atoms with Crippen molar-refractivity contribution >= 4 is 11.7 Å². The van der Waals surface area contributed by atoms with Gasteiger partial charge in [0.05, 0.1) is 0 Å². The Morgan fingerprint density at radius 2 is 2.24 bits per heavy atom. The van der Waals surface area contributed by atoms with Gasteiger partial charge in [-0.05, 0) is 30.9 Å². The highest BCUT2D eigenvalue weighted by Gasteiger charge is 2.20. The highest BCUT2D eigenvalue weighted by molar-refractivity contribution is 5.94. The zero-order valence-electron chi connectivity index (χ0n) is 10.2. The van der Waals surface area contributed by atoms with Gasteiger partial charge in [-0.3, -0.25) is 4.79 Å². The summed E-state index contributed by atoms with van der Waals surface area (Å²) in [7, 11) is 1.86. The number of nitrogens with two attached hydrogens (primary N) is 1. The smallest absolute Gasteiger partial charge is 0.253 e. The molecule has 2 N–H and O–H groups in total. The Kier molecular flexibility index (Phi) is 3.61. The maximum absolute atomic E-state index is 12.1. The summed E-state index contributed by atoms with van der Waals surface area (Å²) >= 11 is 0. The molecule has 4 nitrogen and oxygen atoms in total. The van der Waals surface area contributed by atoms with Gasteiger partial charge in [-0.15, -0.1) is 0 Å². The highest BCUT2D eigenvalue weighted by Crippen LogP contribution is 2.25. The van der Waals surface area contributed by atoms with Crippen molar-refractivity contribution in [3.05, 3.63) is 23.9 Å². The SMILES string of the molecule is CN(CC1CCCC1)C(=O)c1ccnc(N)c1. The highest BCUT2D eigenvalue weighted by atomic mass is 16.2. The Hall–Kier alpha value is -1.58. The van der Waals surface area contributed by atoms with Crippen LogP contribution >= 0.6 is 0 Å². The fourth-order valence-electron chi connectivity index (χ4n) is 2.46. The molecule has 2 rings (SSSR count). The number of carbonyl (C=O) groups is 1. The Balaban J connectivity index is 1.98. The molecule has 1 aromatic rings. The van der Waals surface area contributed by atoms with E-state index in [-0.39, 0.29) is 5.91 Å². The first-order valence-corrected chi connectivity index (χ1v) is 6.14. The number of carbonyl (C=O) groups excluding carboxylic acids is 1. The van der Waals surface area contributed by atoms with Crippen LogP contribution < -0.4 is 5.73 Å². The van der Waals surface area contributed by atoms with Gasteiger partial charge in [0.25, 0.3) is 5.91 Å². The Morgan fingerprint density at radius 3 is 2.88 bits per heavy atom. The number of amides is 1. The second-order valence-corrected chi connectivity index (χ2v) is 4.81. The number of nitrogens with zero attached hydrogens (tertiary/aromatic N) is 2. The summed E-state index contributed by atoms with van der Waals surface area (Å²) < 4.78 is 0. The molecule has 92 valence electrons. The molecule has 1 aromatic heterocycles. The first-order chi connectivity index (χ1) is 8.16. The van der Waals surface area contributed by atoms with Crippen molar-refractivity contribution in [2.45, 2.75) is 25.7 Å². The van der Waals surface area contributed by atoms with E-state index in [1.54, 1.807) is 23.2 Å². The summed E-state index contributed by atoms with van der Waals surface area (Å²) in [6, 6.07) is 3.34. The third kappa shape index (κ3) is 2.96. The number of aromatic nitrogens is 1. The molecule has 0 spiro atoms. The predicted octanol–water partition coefficient (Wildman–Crippen LogP) is 1.93. The normalized spacial score (nSPS) is 16.1. The average molecular weight is 233 g/mol. The van der Waals surface area contributed by atoms with Gasteiger partial charge < -0.3 is 10.6 Å². The van der Waals surface area contributed by atoms with Crippen LogP contribution in [0.1, 0.15) is 36.0 Å².